The molecule has 0 fully saturated rings. The quantitative estimate of drug-likeness (QED) is 0.502. The molecule has 0 aliphatic rings. The van der Waals surface area contributed by atoms with E-state index in [2.05, 4.69) is 5.32 Å². The maximum absolute atomic E-state index is 10.5. The highest BCUT2D eigenvalue weighted by molar-refractivity contribution is 6.27. The van der Waals surface area contributed by atoms with Crippen LogP contribution in [0.1, 0.15) is 12.8 Å². The second kappa shape index (κ2) is 10.0. The predicted molar refractivity (Wildman–Crippen MR) is 49.3 cm³/mol. The Bertz CT molecular complexity index is 101. The number of halogens is 2. The molecule has 0 unspecified atom stereocenters. The molecule has 68 valence electrons. The predicted octanol–water partition coefficient (Wildman–Crippen LogP) is 0.502. The summed E-state index contributed by atoms with van der Waals surface area (Å²) in [6.45, 7) is 1.36. The molecule has 0 spiro atoms. The Morgan fingerprint density at radius 3 is 2.55 bits per heavy atom. The number of carbonyl (C=O) groups excluding carboxylic acids is 1. The summed E-state index contributed by atoms with van der Waals surface area (Å²) >= 11 is 5.23. The molecule has 0 aliphatic carbocycles. The van der Waals surface area contributed by atoms with Crippen molar-refractivity contribution in [2.75, 3.05) is 19.0 Å². The molecule has 0 atom stereocenters. The summed E-state index contributed by atoms with van der Waals surface area (Å²) in [5.41, 5.74) is 5.24. The van der Waals surface area contributed by atoms with E-state index in [1.54, 1.807) is 0 Å². The molecule has 11 heavy (non-hydrogen) atoms. The van der Waals surface area contributed by atoms with Crippen molar-refractivity contribution in [3.05, 3.63) is 0 Å². The maximum Gasteiger partial charge on any atom is 0.234 e. The molecule has 0 aliphatic heterocycles. The van der Waals surface area contributed by atoms with Crippen molar-refractivity contribution < 1.29 is 4.79 Å². The van der Waals surface area contributed by atoms with Crippen LogP contribution in [0.4, 0.5) is 0 Å². The van der Waals surface area contributed by atoms with Crippen LogP contribution in [0.25, 0.3) is 0 Å². The van der Waals surface area contributed by atoms with Gasteiger partial charge in [-0.25, -0.2) is 0 Å². The normalized spacial score (nSPS) is 8.55. The highest BCUT2D eigenvalue weighted by Crippen LogP contribution is 1.82. The van der Waals surface area contributed by atoms with Gasteiger partial charge in [-0.05, 0) is 19.4 Å². The number of hydrogen-bond acceptors (Lipinski definition) is 2. The van der Waals surface area contributed by atoms with Crippen molar-refractivity contribution >= 4 is 29.9 Å². The molecule has 3 N–H and O–H groups in total. The van der Waals surface area contributed by atoms with Gasteiger partial charge in [0.25, 0.3) is 0 Å². The third-order valence-corrected chi connectivity index (χ3v) is 1.32. The van der Waals surface area contributed by atoms with E-state index in [9.17, 15) is 4.79 Å². The molecule has 5 heteroatoms. The molecule has 0 saturated carbocycles. The Morgan fingerprint density at radius 2 is 2.09 bits per heavy atom. The van der Waals surface area contributed by atoms with Crippen LogP contribution in [0.3, 0.4) is 0 Å². The Kier molecular flexibility index (Phi) is 12.4. The van der Waals surface area contributed by atoms with Crippen molar-refractivity contribution in [2.24, 2.45) is 5.73 Å². The Labute approximate surface area is 78.1 Å². The molecule has 0 heterocycles. The van der Waals surface area contributed by atoms with Crippen LogP contribution < -0.4 is 11.1 Å². The highest BCUT2D eigenvalue weighted by atomic mass is 35.5. The van der Waals surface area contributed by atoms with Crippen molar-refractivity contribution in [1.82, 2.24) is 5.32 Å². The van der Waals surface area contributed by atoms with Crippen LogP contribution in [-0.4, -0.2) is 24.9 Å². The fraction of sp³-hybridized carbons (Fsp3) is 0.833. The van der Waals surface area contributed by atoms with E-state index < -0.39 is 0 Å². The Balaban J connectivity index is 0. The molecular formula is C6H14Cl2N2O. The first-order valence-corrected chi connectivity index (χ1v) is 3.87. The van der Waals surface area contributed by atoms with Crippen LogP contribution >= 0.6 is 24.0 Å². The maximum atomic E-state index is 10.5. The topological polar surface area (TPSA) is 55.1 Å². The summed E-state index contributed by atoms with van der Waals surface area (Å²) in [5.74, 6) is -0.0681. The van der Waals surface area contributed by atoms with Gasteiger partial charge in [0.1, 0.15) is 5.88 Å². The SMILES string of the molecule is Cl.NCCCCNC(=O)CCl. The summed E-state index contributed by atoms with van der Waals surface area (Å²) in [7, 11) is 0. The number of amides is 1. The molecule has 0 bridgehead atoms. The first-order valence-electron chi connectivity index (χ1n) is 3.34. The molecule has 0 aromatic rings. The number of alkyl halides is 1. The summed E-state index contributed by atoms with van der Waals surface area (Å²) in [6.07, 6.45) is 1.88. The van der Waals surface area contributed by atoms with Crippen LogP contribution in [0.2, 0.25) is 0 Å². The second-order valence-electron chi connectivity index (χ2n) is 1.98. The van der Waals surface area contributed by atoms with Crippen molar-refractivity contribution in [3.63, 3.8) is 0 Å². The Hall–Kier alpha value is 0.01000. The monoisotopic (exact) mass is 200 g/mol. The van der Waals surface area contributed by atoms with Gasteiger partial charge in [0.15, 0.2) is 0 Å². The van der Waals surface area contributed by atoms with E-state index in [-0.39, 0.29) is 24.2 Å². The molecule has 3 nitrogen and oxygen atoms in total. The van der Waals surface area contributed by atoms with Gasteiger partial charge in [0.05, 0.1) is 0 Å². The number of unbranched alkanes of at least 4 members (excludes halogenated alkanes) is 1. The van der Waals surface area contributed by atoms with Gasteiger partial charge in [-0.2, -0.15) is 0 Å². The summed E-state index contributed by atoms with van der Waals surface area (Å²) in [5, 5.41) is 2.64. The van der Waals surface area contributed by atoms with Gasteiger partial charge in [-0.3, -0.25) is 4.79 Å². The number of carbonyl (C=O) groups is 1. The van der Waals surface area contributed by atoms with Crippen LogP contribution in [0.5, 0.6) is 0 Å². The van der Waals surface area contributed by atoms with E-state index in [1.807, 2.05) is 0 Å². The zero-order chi connectivity index (χ0) is 7.82. The average Bonchev–Trinajstić information content (AvgIpc) is 1.98. The van der Waals surface area contributed by atoms with Gasteiger partial charge < -0.3 is 11.1 Å². The lowest BCUT2D eigenvalue weighted by Crippen LogP contribution is -2.25. The molecule has 0 aromatic carbocycles. The first-order chi connectivity index (χ1) is 4.81. The van der Waals surface area contributed by atoms with Crippen molar-refractivity contribution in [2.45, 2.75) is 12.8 Å². The van der Waals surface area contributed by atoms with Crippen LogP contribution in [-0.2, 0) is 4.79 Å². The second-order valence-corrected chi connectivity index (χ2v) is 2.25. The standard InChI is InChI=1S/C6H13ClN2O.ClH/c7-5-6(10)9-4-2-1-3-8;/h1-5,8H2,(H,9,10);1H. The highest BCUT2D eigenvalue weighted by Gasteiger charge is 1.94. The van der Waals surface area contributed by atoms with Crippen molar-refractivity contribution in [3.8, 4) is 0 Å². The third-order valence-electron chi connectivity index (χ3n) is 1.07. The van der Waals surface area contributed by atoms with E-state index in [0.717, 1.165) is 12.8 Å². The molecule has 0 aromatic heterocycles. The minimum absolute atomic E-state index is 0. The molecular weight excluding hydrogens is 187 g/mol. The van der Waals surface area contributed by atoms with E-state index >= 15 is 0 Å². The summed E-state index contributed by atoms with van der Waals surface area (Å²) in [4.78, 5) is 10.5. The van der Waals surface area contributed by atoms with Crippen LogP contribution in [0, 0.1) is 0 Å². The van der Waals surface area contributed by atoms with Gasteiger partial charge in [-0.15, -0.1) is 24.0 Å². The van der Waals surface area contributed by atoms with Gasteiger partial charge >= 0.3 is 0 Å². The third kappa shape index (κ3) is 10.0. The fourth-order valence-corrected chi connectivity index (χ4v) is 0.639. The van der Waals surface area contributed by atoms with E-state index in [4.69, 9.17) is 17.3 Å². The minimum Gasteiger partial charge on any atom is -0.355 e. The minimum atomic E-state index is -0.112. The first kappa shape index (κ1) is 13.6. The van der Waals surface area contributed by atoms with Gasteiger partial charge in [0.2, 0.25) is 5.91 Å². The zero-order valence-corrected chi connectivity index (χ0v) is 7.88. The summed E-state index contributed by atoms with van der Waals surface area (Å²) < 4.78 is 0. The van der Waals surface area contributed by atoms with Gasteiger partial charge in [-0.1, -0.05) is 0 Å². The molecule has 1 amide bonds. The largest absolute Gasteiger partial charge is 0.355 e. The lowest BCUT2D eigenvalue weighted by atomic mass is 10.3. The van der Waals surface area contributed by atoms with Crippen molar-refractivity contribution in [1.29, 1.82) is 0 Å². The van der Waals surface area contributed by atoms with E-state index in [0.29, 0.717) is 13.1 Å². The summed E-state index contributed by atoms with van der Waals surface area (Å²) in [6, 6.07) is 0. The number of rotatable bonds is 5. The molecule has 0 rings (SSSR count). The number of nitrogens with two attached hydrogens (primary N) is 1. The number of nitrogens with one attached hydrogen (secondary N) is 1. The Morgan fingerprint density at radius 1 is 1.45 bits per heavy atom. The lowest BCUT2D eigenvalue weighted by Gasteiger charge is -2.00. The average molecular weight is 201 g/mol. The fourth-order valence-electron chi connectivity index (χ4n) is 0.544. The van der Waals surface area contributed by atoms with Crippen LogP contribution in [0.15, 0.2) is 0 Å². The molecule has 0 saturated heterocycles. The molecule has 0 radical (unpaired) electrons. The van der Waals surface area contributed by atoms with Gasteiger partial charge in [0, 0.05) is 6.54 Å². The lowest BCUT2D eigenvalue weighted by molar-refractivity contribution is -0.118. The zero-order valence-electron chi connectivity index (χ0n) is 6.31. The number of hydrogen-bond donors (Lipinski definition) is 2. The van der Waals surface area contributed by atoms with E-state index in [1.165, 1.54) is 0 Å². The smallest absolute Gasteiger partial charge is 0.234 e.